The number of likely N-dealkylation sites (tertiary alicyclic amines) is 1. The highest BCUT2D eigenvalue weighted by Crippen LogP contribution is 2.18. The van der Waals surface area contributed by atoms with E-state index in [1.807, 2.05) is 59.5 Å². The molecule has 2 aromatic rings. The molecule has 1 heterocycles. The summed E-state index contributed by atoms with van der Waals surface area (Å²) in [5.74, 6) is 0.0332. The topological polar surface area (TPSA) is 49.4 Å². The number of carbonyl (C=O) groups is 2. The summed E-state index contributed by atoms with van der Waals surface area (Å²) < 4.78 is 0.972. The van der Waals surface area contributed by atoms with Crippen LogP contribution in [0.4, 0.5) is 0 Å². The van der Waals surface area contributed by atoms with Gasteiger partial charge in [-0.05, 0) is 59.7 Å². The molecule has 0 unspecified atom stereocenters. The van der Waals surface area contributed by atoms with Crippen molar-refractivity contribution in [1.29, 1.82) is 0 Å². The van der Waals surface area contributed by atoms with Gasteiger partial charge in [0.25, 0.3) is 11.8 Å². The number of nitrogens with one attached hydrogen (secondary N) is 1. The highest BCUT2D eigenvalue weighted by atomic mass is 127. The van der Waals surface area contributed by atoms with Crippen LogP contribution in [0.3, 0.4) is 0 Å². The fourth-order valence-corrected chi connectivity index (χ4v) is 3.51. The number of nitrogens with zero attached hydrogens (tertiary/aromatic N) is 1. The highest BCUT2D eigenvalue weighted by molar-refractivity contribution is 14.1. The minimum Gasteiger partial charge on any atom is -0.349 e. The van der Waals surface area contributed by atoms with E-state index in [-0.39, 0.29) is 17.9 Å². The zero-order chi connectivity index (χ0) is 16.9. The summed E-state index contributed by atoms with van der Waals surface area (Å²) >= 11 is 2.19. The van der Waals surface area contributed by atoms with Gasteiger partial charge in [0.2, 0.25) is 0 Å². The molecule has 0 aliphatic carbocycles. The third kappa shape index (κ3) is 3.95. The predicted octanol–water partition coefficient (Wildman–Crippen LogP) is 3.33. The Balaban J connectivity index is 1.55. The lowest BCUT2D eigenvalue weighted by atomic mass is 10.0. The van der Waals surface area contributed by atoms with Crippen LogP contribution in [0.25, 0.3) is 0 Å². The van der Waals surface area contributed by atoms with Crippen LogP contribution >= 0.6 is 22.6 Å². The maximum Gasteiger partial charge on any atom is 0.254 e. The second-order valence-corrected chi connectivity index (χ2v) is 7.05. The molecule has 1 aliphatic heterocycles. The molecule has 124 valence electrons. The van der Waals surface area contributed by atoms with Gasteiger partial charge in [-0.25, -0.2) is 0 Å². The van der Waals surface area contributed by atoms with E-state index in [0.717, 1.165) is 22.0 Å². The van der Waals surface area contributed by atoms with Crippen LogP contribution in [-0.4, -0.2) is 35.8 Å². The molecule has 2 aromatic carbocycles. The molecular weight excluding hydrogens is 415 g/mol. The van der Waals surface area contributed by atoms with E-state index in [1.165, 1.54) is 0 Å². The van der Waals surface area contributed by atoms with Crippen LogP contribution in [0.2, 0.25) is 0 Å². The summed E-state index contributed by atoms with van der Waals surface area (Å²) in [5, 5.41) is 3.07. The van der Waals surface area contributed by atoms with Gasteiger partial charge in [0, 0.05) is 28.3 Å². The largest absolute Gasteiger partial charge is 0.349 e. The lowest BCUT2D eigenvalue weighted by Crippen LogP contribution is -2.46. The number of amides is 2. The fourth-order valence-electron chi connectivity index (χ4n) is 2.89. The summed E-state index contributed by atoms with van der Waals surface area (Å²) in [6.45, 7) is 1.34. The summed E-state index contributed by atoms with van der Waals surface area (Å²) in [7, 11) is 0. The zero-order valence-electron chi connectivity index (χ0n) is 13.2. The van der Waals surface area contributed by atoms with Gasteiger partial charge in [-0.1, -0.05) is 30.3 Å². The Labute approximate surface area is 155 Å². The molecule has 0 spiro atoms. The van der Waals surface area contributed by atoms with Crippen LogP contribution in [0.1, 0.15) is 33.6 Å². The Hall–Kier alpha value is -1.89. The van der Waals surface area contributed by atoms with Crippen LogP contribution in [0.5, 0.6) is 0 Å². The third-order valence-electron chi connectivity index (χ3n) is 4.26. The number of piperidine rings is 1. The lowest BCUT2D eigenvalue weighted by Gasteiger charge is -2.32. The molecule has 1 saturated heterocycles. The third-order valence-corrected chi connectivity index (χ3v) is 5.20. The second-order valence-electron chi connectivity index (χ2n) is 5.89. The smallest absolute Gasteiger partial charge is 0.254 e. The van der Waals surface area contributed by atoms with E-state index < -0.39 is 0 Å². The Kier molecular flexibility index (Phi) is 5.50. The Bertz CT molecular complexity index is 725. The van der Waals surface area contributed by atoms with Gasteiger partial charge in [-0.15, -0.1) is 0 Å². The molecule has 2 amide bonds. The monoisotopic (exact) mass is 434 g/mol. The van der Waals surface area contributed by atoms with Crippen LogP contribution in [-0.2, 0) is 0 Å². The Morgan fingerprint density at radius 2 is 1.58 bits per heavy atom. The molecule has 1 fully saturated rings. The molecule has 5 heteroatoms. The van der Waals surface area contributed by atoms with Crippen molar-refractivity contribution >= 4 is 34.4 Å². The van der Waals surface area contributed by atoms with Crippen molar-refractivity contribution in [3.8, 4) is 0 Å². The van der Waals surface area contributed by atoms with Gasteiger partial charge in [0.1, 0.15) is 0 Å². The number of halogens is 1. The van der Waals surface area contributed by atoms with E-state index >= 15 is 0 Å². The molecule has 4 nitrogen and oxygen atoms in total. The first-order valence-corrected chi connectivity index (χ1v) is 9.13. The van der Waals surface area contributed by atoms with Crippen molar-refractivity contribution in [1.82, 2.24) is 10.2 Å². The molecule has 3 rings (SSSR count). The SMILES string of the molecule is O=C(NC1CCN(C(=O)c2ccccc2I)CC1)c1ccccc1. The zero-order valence-corrected chi connectivity index (χ0v) is 15.4. The average Bonchev–Trinajstić information content (AvgIpc) is 2.63. The van der Waals surface area contributed by atoms with Gasteiger partial charge in [0.15, 0.2) is 0 Å². The first kappa shape index (κ1) is 17.0. The molecular formula is C19H19IN2O2. The van der Waals surface area contributed by atoms with Gasteiger partial charge in [-0.2, -0.15) is 0 Å². The van der Waals surface area contributed by atoms with E-state index in [0.29, 0.717) is 18.7 Å². The van der Waals surface area contributed by atoms with E-state index in [9.17, 15) is 9.59 Å². The van der Waals surface area contributed by atoms with Crippen LogP contribution in [0, 0.1) is 3.57 Å². The number of benzene rings is 2. The Morgan fingerprint density at radius 3 is 2.25 bits per heavy atom. The normalized spacial score (nSPS) is 15.1. The molecule has 1 aliphatic rings. The van der Waals surface area contributed by atoms with E-state index in [1.54, 1.807) is 0 Å². The summed E-state index contributed by atoms with van der Waals surface area (Å²) in [6.07, 6.45) is 1.57. The lowest BCUT2D eigenvalue weighted by molar-refractivity contribution is 0.0697. The number of hydrogen-bond donors (Lipinski definition) is 1. The van der Waals surface area contributed by atoms with E-state index in [2.05, 4.69) is 27.9 Å². The fraction of sp³-hybridized carbons (Fsp3) is 0.263. The molecule has 0 bridgehead atoms. The minimum atomic E-state index is -0.0435. The van der Waals surface area contributed by atoms with Crippen molar-refractivity contribution in [3.05, 3.63) is 69.3 Å². The van der Waals surface area contributed by atoms with Gasteiger partial charge >= 0.3 is 0 Å². The Morgan fingerprint density at radius 1 is 0.958 bits per heavy atom. The molecule has 0 atom stereocenters. The van der Waals surface area contributed by atoms with Crippen LogP contribution in [0.15, 0.2) is 54.6 Å². The van der Waals surface area contributed by atoms with Crippen molar-refractivity contribution in [3.63, 3.8) is 0 Å². The molecule has 0 radical (unpaired) electrons. The summed E-state index contributed by atoms with van der Waals surface area (Å²) in [4.78, 5) is 26.7. The van der Waals surface area contributed by atoms with Crippen LogP contribution < -0.4 is 5.32 Å². The molecule has 0 aromatic heterocycles. The molecule has 0 saturated carbocycles. The average molecular weight is 434 g/mol. The van der Waals surface area contributed by atoms with Crippen molar-refractivity contribution in [2.75, 3.05) is 13.1 Å². The maximum absolute atomic E-state index is 12.6. The second kappa shape index (κ2) is 7.79. The minimum absolute atomic E-state index is 0.0435. The number of carbonyl (C=O) groups excluding carboxylic acids is 2. The van der Waals surface area contributed by atoms with Gasteiger partial charge in [-0.3, -0.25) is 9.59 Å². The predicted molar refractivity (Wildman–Crippen MR) is 102 cm³/mol. The first-order chi connectivity index (χ1) is 11.6. The standard InChI is InChI=1S/C19H19IN2O2/c20-17-9-5-4-8-16(17)19(24)22-12-10-15(11-13-22)21-18(23)14-6-2-1-3-7-14/h1-9,15H,10-13H2,(H,21,23). The van der Waals surface area contributed by atoms with Crippen molar-refractivity contribution in [2.45, 2.75) is 18.9 Å². The number of hydrogen-bond acceptors (Lipinski definition) is 2. The number of rotatable bonds is 3. The molecule has 1 N–H and O–H groups in total. The maximum atomic E-state index is 12.6. The van der Waals surface area contributed by atoms with Gasteiger partial charge < -0.3 is 10.2 Å². The van der Waals surface area contributed by atoms with Gasteiger partial charge in [0.05, 0.1) is 5.56 Å². The van der Waals surface area contributed by atoms with E-state index in [4.69, 9.17) is 0 Å². The highest BCUT2D eigenvalue weighted by Gasteiger charge is 2.25. The summed E-state index contributed by atoms with van der Waals surface area (Å²) in [5.41, 5.74) is 1.43. The summed E-state index contributed by atoms with van der Waals surface area (Å²) in [6, 6.07) is 17.0. The van der Waals surface area contributed by atoms with Crippen molar-refractivity contribution in [2.24, 2.45) is 0 Å². The molecule has 24 heavy (non-hydrogen) atoms. The first-order valence-electron chi connectivity index (χ1n) is 8.05. The quantitative estimate of drug-likeness (QED) is 0.754. The van der Waals surface area contributed by atoms with Crippen molar-refractivity contribution < 1.29 is 9.59 Å².